The van der Waals surface area contributed by atoms with Crippen molar-refractivity contribution in [2.24, 2.45) is 0 Å². The molecule has 1 N–H and O–H groups in total. The van der Waals surface area contributed by atoms with Crippen LogP contribution in [0.5, 0.6) is 11.5 Å². The summed E-state index contributed by atoms with van der Waals surface area (Å²) in [4.78, 5) is 13.4. The van der Waals surface area contributed by atoms with E-state index in [1.807, 2.05) is 57.2 Å². The predicted octanol–water partition coefficient (Wildman–Crippen LogP) is 5.08. The lowest BCUT2D eigenvalue weighted by atomic mass is 9.88. The Morgan fingerprint density at radius 2 is 1.74 bits per heavy atom. The molecule has 0 aromatic heterocycles. The van der Waals surface area contributed by atoms with E-state index in [2.05, 4.69) is 11.4 Å². The molecular formula is C30H33N3O5S. The van der Waals surface area contributed by atoms with Gasteiger partial charge in [-0.1, -0.05) is 35.9 Å². The Kier molecular flexibility index (Phi) is 8.28. The Hall–Kier alpha value is -3.87. The molecule has 1 aliphatic heterocycles. The number of sulfonamides is 1. The third-order valence-electron chi connectivity index (χ3n) is 7.19. The molecule has 1 amide bonds. The average Bonchev–Trinajstić information content (AvgIpc) is 3.43. The van der Waals surface area contributed by atoms with Crippen molar-refractivity contribution in [2.75, 3.05) is 26.1 Å². The number of amides is 1. The molecule has 4 rings (SSSR count). The molecule has 0 spiro atoms. The molecular weight excluding hydrogens is 514 g/mol. The summed E-state index contributed by atoms with van der Waals surface area (Å²) in [5.41, 5.74) is 5.13. The van der Waals surface area contributed by atoms with Gasteiger partial charge in [0.15, 0.2) is 0 Å². The second-order valence-electron chi connectivity index (χ2n) is 9.78. The number of carbonyl (C=O) groups is 1. The van der Waals surface area contributed by atoms with Crippen LogP contribution >= 0.6 is 0 Å². The number of aryl methyl sites for hydroxylation is 3. The minimum absolute atomic E-state index is 0.0425. The van der Waals surface area contributed by atoms with E-state index < -0.39 is 27.9 Å². The molecule has 1 saturated heterocycles. The van der Waals surface area contributed by atoms with Crippen LogP contribution in [-0.4, -0.2) is 45.4 Å². The third kappa shape index (κ3) is 5.63. The molecule has 9 heteroatoms. The quantitative estimate of drug-likeness (QED) is 0.422. The van der Waals surface area contributed by atoms with Crippen LogP contribution in [-0.2, 0) is 14.8 Å². The number of nitrogens with zero attached hydrogens (tertiary/aromatic N) is 2. The lowest BCUT2D eigenvalue weighted by Gasteiger charge is -2.25. The molecule has 39 heavy (non-hydrogen) atoms. The van der Waals surface area contributed by atoms with Gasteiger partial charge in [-0.2, -0.15) is 9.57 Å². The van der Waals surface area contributed by atoms with Gasteiger partial charge in [0.25, 0.3) is 0 Å². The number of nitriles is 1. The van der Waals surface area contributed by atoms with E-state index in [1.165, 1.54) is 30.7 Å². The lowest BCUT2D eigenvalue weighted by Crippen LogP contribution is -2.43. The SMILES string of the molecule is COc1ccc(OC)c(S(=O)(=O)N2CCC[C@@H]2C(=O)Nc2cc(C)c([C@@H](C#N)c3ccc(C)cc3)cc2C)c1. The molecule has 1 fully saturated rings. The van der Waals surface area contributed by atoms with Gasteiger partial charge in [0.2, 0.25) is 15.9 Å². The highest BCUT2D eigenvalue weighted by Gasteiger charge is 2.41. The Morgan fingerprint density at radius 3 is 2.38 bits per heavy atom. The minimum Gasteiger partial charge on any atom is -0.497 e. The first kappa shape index (κ1) is 28.1. The van der Waals surface area contributed by atoms with Crippen molar-refractivity contribution in [3.63, 3.8) is 0 Å². The number of ether oxygens (including phenoxy) is 2. The van der Waals surface area contributed by atoms with E-state index in [-0.39, 0.29) is 17.2 Å². The number of hydrogen-bond donors (Lipinski definition) is 1. The Bertz CT molecular complexity index is 1530. The topological polar surface area (TPSA) is 109 Å². The maximum Gasteiger partial charge on any atom is 0.247 e. The molecule has 0 bridgehead atoms. The Labute approximate surface area is 230 Å². The maximum absolute atomic E-state index is 13.7. The molecule has 0 aliphatic carbocycles. The van der Waals surface area contributed by atoms with Crippen LogP contribution in [0.3, 0.4) is 0 Å². The number of rotatable bonds is 8. The number of carbonyl (C=O) groups excluding carboxylic acids is 1. The van der Waals surface area contributed by atoms with Crippen molar-refractivity contribution in [3.8, 4) is 17.6 Å². The van der Waals surface area contributed by atoms with Crippen molar-refractivity contribution in [1.82, 2.24) is 4.31 Å². The highest BCUT2D eigenvalue weighted by Crippen LogP contribution is 2.35. The zero-order valence-electron chi connectivity index (χ0n) is 22.8. The monoisotopic (exact) mass is 547 g/mol. The van der Waals surface area contributed by atoms with Crippen LogP contribution in [0.4, 0.5) is 5.69 Å². The molecule has 0 unspecified atom stereocenters. The molecule has 8 nitrogen and oxygen atoms in total. The van der Waals surface area contributed by atoms with E-state index >= 15 is 0 Å². The number of anilines is 1. The summed E-state index contributed by atoms with van der Waals surface area (Å²) in [6, 6.07) is 17.8. The van der Waals surface area contributed by atoms with E-state index in [9.17, 15) is 18.5 Å². The van der Waals surface area contributed by atoms with Crippen LogP contribution in [0.25, 0.3) is 0 Å². The van der Waals surface area contributed by atoms with Gasteiger partial charge in [0.1, 0.15) is 22.4 Å². The average molecular weight is 548 g/mol. The summed E-state index contributed by atoms with van der Waals surface area (Å²) in [7, 11) is -1.18. The first-order valence-electron chi connectivity index (χ1n) is 12.7. The second-order valence-corrected chi connectivity index (χ2v) is 11.6. The fourth-order valence-corrected chi connectivity index (χ4v) is 6.81. The molecule has 3 aromatic carbocycles. The van der Waals surface area contributed by atoms with Crippen molar-refractivity contribution < 1.29 is 22.7 Å². The molecule has 0 saturated carbocycles. The number of hydrogen-bond acceptors (Lipinski definition) is 6. The van der Waals surface area contributed by atoms with E-state index in [1.54, 1.807) is 6.07 Å². The van der Waals surface area contributed by atoms with Gasteiger partial charge in [-0.3, -0.25) is 4.79 Å². The maximum atomic E-state index is 13.7. The predicted molar refractivity (Wildman–Crippen MR) is 150 cm³/mol. The van der Waals surface area contributed by atoms with Crippen molar-refractivity contribution in [1.29, 1.82) is 5.26 Å². The molecule has 0 radical (unpaired) electrons. The Morgan fingerprint density at radius 1 is 1.03 bits per heavy atom. The molecule has 3 aromatic rings. The van der Waals surface area contributed by atoms with Crippen LogP contribution in [0.15, 0.2) is 59.5 Å². The summed E-state index contributed by atoms with van der Waals surface area (Å²) in [6.45, 7) is 6.00. The summed E-state index contributed by atoms with van der Waals surface area (Å²) < 4.78 is 39.1. The van der Waals surface area contributed by atoms with Gasteiger partial charge in [-0.05, 0) is 74.1 Å². The first-order chi connectivity index (χ1) is 18.6. The summed E-state index contributed by atoms with van der Waals surface area (Å²) in [6.07, 6.45) is 0.957. The highest BCUT2D eigenvalue weighted by atomic mass is 32.2. The van der Waals surface area contributed by atoms with E-state index in [4.69, 9.17) is 9.47 Å². The molecule has 1 aliphatic rings. The van der Waals surface area contributed by atoms with Gasteiger partial charge < -0.3 is 14.8 Å². The van der Waals surface area contributed by atoms with E-state index in [0.29, 0.717) is 24.3 Å². The van der Waals surface area contributed by atoms with Crippen LogP contribution in [0.1, 0.15) is 46.6 Å². The number of methoxy groups -OCH3 is 2. The van der Waals surface area contributed by atoms with E-state index in [0.717, 1.165) is 27.8 Å². The zero-order valence-corrected chi connectivity index (χ0v) is 23.6. The summed E-state index contributed by atoms with van der Waals surface area (Å²) >= 11 is 0. The molecule has 1 heterocycles. The smallest absolute Gasteiger partial charge is 0.247 e. The van der Waals surface area contributed by atoms with Gasteiger partial charge in [-0.15, -0.1) is 0 Å². The van der Waals surface area contributed by atoms with Gasteiger partial charge in [-0.25, -0.2) is 8.42 Å². The number of benzene rings is 3. The van der Waals surface area contributed by atoms with Crippen LogP contribution in [0.2, 0.25) is 0 Å². The normalized spacial score (nSPS) is 16.4. The standard InChI is InChI=1S/C30H33N3O5S/c1-19-8-10-22(11-9-19)25(18-31)24-15-21(3)26(16-20(24)2)32-30(34)27-7-6-14-33(27)39(35,36)29-17-23(37-4)12-13-28(29)38-5/h8-13,15-17,25,27H,6-7,14H2,1-5H3,(H,32,34)/t25-,27+/m0/s1. The Balaban J connectivity index is 1.60. The van der Waals surface area contributed by atoms with Gasteiger partial charge in [0, 0.05) is 18.3 Å². The fraction of sp³-hybridized carbons (Fsp3) is 0.333. The highest BCUT2D eigenvalue weighted by molar-refractivity contribution is 7.89. The summed E-state index contributed by atoms with van der Waals surface area (Å²) in [5, 5.41) is 12.9. The van der Waals surface area contributed by atoms with Crippen molar-refractivity contribution in [2.45, 2.75) is 50.5 Å². The molecule has 204 valence electrons. The molecule has 2 atom stereocenters. The largest absolute Gasteiger partial charge is 0.497 e. The second kappa shape index (κ2) is 11.5. The van der Waals surface area contributed by atoms with Crippen LogP contribution in [0, 0.1) is 32.1 Å². The van der Waals surface area contributed by atoms with Crippen LogP contribution < -0.4 is 14.8 Å². The zero-order chi connectivity index (χ0) is 28.3. The number of nitrogens with one attached hydrogen (secondary N) is 1. The van der Waals surface area contributed by atoms with Crippen molar-refractivity contribution >= 4 is 21.6 Å². The third-order valence-corrected chi connectivity index (χ3v) is 9.11. The lowest BCUT2D eigenvalue weighted by molar-refractivity contribution is -0.119. The van der Waals surface area contributed by atoms with Crippen molar-refractivity contribution in [3.05, 3.63) is 82.4 Å². The van der Waals surface area contributed by atoms with Gasteiger partial charge >= 0.3 is 0 Å². The summed E-state index contributed by atoms with van der Waals surface area (Å²) in [5.74, 6) is -0.280. The first-order valence-corrected chi connectivity index (χ1v) is 14.2. The minimum atomic E-state index is -4.04. The van der Waals surface area contributed by atoms with Gasteiger partial charge in [0.05, 0.1) is 26.2 Å². The fourth-order valence-electron chi connectivity index (χ4n) is 4.98.